The number of halogens is 1. The van der Waals surface area contributed by atoms with Crippen LogP contribution in [0.2, 0.25) is 5.02 Å². The molecule has 104 valence electrons. The molecular weight excluding hydrogens is 294 g/mol. The third-order valence-corrected chi connectivity index (χ3v) is 3.96. The summed E-state index contributed by atoms with van der Waals surface area (Å²) in [5.41, 5.74) is 2.22. The summed E-state index contributed by atoms with van der Waals surface area (Å²) >= 11 is 5.77. The molecule has 2 aromatic rings. The summed E-state index contributed by atoms with van der Waals surface area (Å²) in [5.74, 6) is 0. The van der Waals surface area contributed by atoms with Gasteiger partial charge in [-0.05, 0) is 42.3 Å². The molecule has 0 unspecified atom stereocenters. The first kappa shape index (κ1) is 14.6. The van der Waals surface area contributed by atoms with E-state index in [9.17, 15) is 8.42 Å². The zero-order valence-corrected chi connectivity index (χ0v) is 12.4. The zero-order valence-electron chi connectivity index (χ0n) is 10.9. The van der Waals surface area contributed by atoms with E-state index in [-0.39, 0.29) is 0 Å². The van der Waals surface area contributed by atoms with Crippen molar-refractivity contribution in [3.05, 3.63) is 70.1 Å². The Bertz CT molecular complexity index is 722. The molecule has 20 heavy (non-hydrogen) atoms. The number of benzene rings is 2. The number of nitrogens with one attached hydrogen (secondary N) is 1. The monoisotopic (exact) mass is 307 g/mol. The number of hydrogen-bond acceptors (Lipinski definition) is 2. The first-order chi connectivity index (χ1) is 9.46. The molecule has 0 atom stereocenters. The van der Waals surface area contributed by atoms with Gasteiger partial charge in [0.1, 0.15) is 0 Å². The van der Waals surface area contributed by atoms with E-state index >= 15 is 0 Å². The lowest BCUT2D eigenvalue weighted by Gasteiger charge is -2.07. The van der Waals surface area contributed by atoms with Crippen LogP contribution in [0.25, 0.3) is 6.08 Å². The maximum absolute atomic E-state index is 12.0. The number of anilines is 1. The minimum Gasteiger partial charge on any atom is -0.280 e. The second-order valence-electron chi connectivity index (χ2n) is 4.32. The van der Waals surface area contributed by atoms with Crippen molar-refractivity contribution in [2.75, 3.05) is 4.72 Å². The Balaban J connectivity index is 2.15. The quantitative estimate of drug-likeness (QED) is 0.926. The Labute approximate surface area is 124 Å². The summed E-state index contributed by atoms with van der Waals surface area (Å²) in [6.45, 7) is 1.85. The van der Waals surface area contributed by atoms with E-state index in [1.807, 2.05) is 19.1 Å². The Morgan fingerprint density at radius 2 is 1.70 bits per heavy atom. The van der Waals surface area contributed by atoms with Gasteiger partial charge in [0, 0.05) is 5.02 Å². The topological polar surface area (TPSA) is 46.2 Å². The van der Waals surface area contributed by atoms with Crippen molar-refractivity contribution in [2.45, 2.75) is 6.92 Å². The van der Waals surface area contributed by atoms with Gasteiger partial charge < -0.3 is 0 Å². The van der Waals surface area contributed by atoms with Gasteiger partial charge in [-0.2, -0.15) is 0 Å². The minimum atomic E-state index is -3.53. The molecule has 2 aromatic carbocycles. The number of aryl methyl sites for hydroxylation is 1. The fourth-order valence-electron chi connectivity index (χ4n) is 1.62. The molecule has 0 saturated carbocycles. The van der Waals surface area contributed by atoms with Crippen molar-refractivity contribution in [3.8, 4) is 0 Å². The van der Waals surface area contributed by atoms with Gasteiger partial charge >= 0.3 is 0 Å². The molecule has 3 nitrogen and oxygen atoms in total. The Morgan fingerprint density at radius 1 is 1.05 bits per heavy atom. The number of para-hydroxylation sites is 1. The highest BCUT2D eigenvalue weighted by Crippen LogP contribution is 2.16. The molecule has 0 saturated heterocycles. The van der Waals surface area contributed by atoms with Crippen LogP contribution in [0.4, 0.5) is 5.69 Å². The van der Waals surface area contributed by atoms with E-state index in [2.05, 4.69) is 4.72 Å². The van der Waals surface area contributed by atoms with E-state index in [1.54, 1.807) is 36.4 Å². The highest BCUT2D eigenvalue weighted by Gasteiger charge is 2.06. The van der Waals surface area contributed by atoms with Crippen molar-refractivity contribution < 1.29 is 8.42 Å². The average molecular weight is 308 g/mol. The maximum Gasteiger partial charge on any atom is 0.255 e. The second-order valence-corrected chi connectivity index (χ2v) is 6.32. The lowest BCUT2D eigenvalue weighted by molar-refractivity contribution is 0.609. The molecule has 0 fully saturated rings. The zero-order chi connectivity index (χ0) is 14.6. The van der Waals surface area contributed by atoms with Crippen LogP contribution in [0.1, 0.15) is 11.1 Å². The van der Waals surface area contributed by atoms with Crippen LogP contribution >= 0.6 is 11.6 Å². The van der Waals surface area contributed by atoms with Crippen molar-refractivity contribution in [2.24, 2.45) is 0 Å². The highest BCUT2D eigenvalue weighted by atomic mass is 35.5. The summed E-state index contributed by atoms with van der Waals surface area (Å²) < 4.78 is 26.5. The molecule has 0 spiro atoms. The van der Waals surface area contributed by atoms with Crippen molar-refractivity contribution in [1.29, 1.82) is 0 Å². The van der Waals surface area contributed by atoms with Gasteiger partial charge in [-0.15, -0.1) is 0 Å². The predicted octanol–water partition coefficient (Wildman–Crippen LogP) is 4.06. The normalized spacial score (nSPS) is 11.7. The fourth-order valence-corrected chi connectivity index (χ4v) is 2.68. The summed E-state index contributed by atoms with van der Waals surface area (Å²) in [4.78, 5) is 0. The summed E-state index contributed by atoms with van der Waals surface area (Å²) in [7, 11) is -3.53. The predicted molar refractivity (Wildman–Crippen MR) is 84.2 cm³/mol. The van der Waals surface area contributed by atoms with Crippen LogP contribution in [0.15, 0.2) is 53.9 Å². The molecule has 0 bridgehead atoms. The van der Waals surface area contributed by atoms with Crippen LogP contribution in [-0.2, 0) is 10.0 Å². The highest BCUT2D eigenvalue weighted by molar-refractivity contribution is 7.95. The Hall–Kier alpha value is -1.78. The van der Waals surface area contributed by atoms with Crippen LogP contribution in [0.3, 0.4) is 0 Å². The molecule has 0 aliphatic carbocycles. The van der Waals surface area contributed by atoms with Crippen LogP contribution in [-0.4, -0.2) is 8.42 Å². The van der Waals surface area contributed by atoms with E-state index in [4.69, 9.17) is 11.6 Å². The molecule has 2 rings (SSSR count). The Kier molecular flexibility index (Phi) is 4.47. The van der Waals surface area contributed by atoms with E-state index in [1.165, 1.54) is 6.08 Å². The van der Waals surface area contributed by atoms with E-state index in [0.717, 1.165) is 16.5 Å². The van der Waals surface area contributed by atoms with Gasteiger partial charge in [0.05, 0.1) is 11.1 Å². The van der Waals surface area contributed by atoms with Gasteiger partial charge in [0.15, 0.2) is 0 Å². The second kappa shape index (κ2) is 6.11. The molecule has 0 aromatic heterocycles. The standard InChI is InChI=1S/C15H14ClNO2S/c1-12-4-2-3-5-15(12)17-20(18,19)11-10-13-6-8-14(16)9-7-13/h2-11,17H,1H3/b11-10+. The first-order valence-corrected chi connectivity index (χ1v) is 7.91. The molecule has 0 radical (unpaired) electrons. The summed E-state index contributed by atoms with van der Waals surface area (Å²) in [6.07, 6.45) is 1.52. The third-order valence-electron chi connectivity index (χ3n) is 2.71. The maximum atomic E-state index is 12.0. The smallest absolute Gasteiger partial charge is 0.255 e. The third kappa shape index (κ3) is 4.11. The van der Waals surface area contributed by atoms with Gasteiger partial charge in [0.25, 0.3) is 10.0 Å². The summed E-state index contributed by atoms with van der Waals surface area (Å²) in [6, 6.07) is 14.1. The molecule has 0 heterocycles. The minimum absolute atomic E-state index is 0.577. The van der Waals surface area contributed by atoms with Gasteiger partial charge in [-0.1, -0.05) is 41.9 Å². The fraction of sp³-hybridized carbons (Fsp3) is 0.0667. The molecule has 0 amide bonds. The largest absolute Gasteiger partial charge is 0.280 e. The van der Waals surface area contributed by atoms with Gasteiger partial charge in [0.2, 0.25) is 0 Å². The van der Waals surface area contributed by atoms with Gasteiger partial charge in [-0.3, -0.25) is 4.72 Å². The lowest BCUT2D eigenvalue weighted by atomic mass is 10.2. The van der Waals surface area contributed by atoms with Crippen molar-refractivity contribution in [3.63, 3.8) is 0 Å². The number of sulfonamides is 1. The van der Waals surface area contributed by atoms with Crippen LogP contribution in [0, 0.1) is 6.92 Å². The van der Waals surface area contributed by atoms with E-state index < -0.39 is 10.0 Å². The molecule has 0 aliphatic heterocycles. The molecular formula is C15H14ClNO2S. The Morgan fingerprint density at radius 3 is 2.35 bits per heavy atom. The average Bonchev–Trinajstić information content (AvgIpc) is 2.41. The summed E-state index contributed by atoms with van der Waals surface area (Å²) in [5, 5.41) is 1.76. The number of hydrogen-bond donors (Lipinski definition) is 1. The molecule has 1 N–H and O–H groups in total. The van der Waals surface area contributed by atoms with Crippen LogP contribution < -0.4 is 4.72 Å². The lowest BCUT2D eigenvalue weighted by Crippen LogP contribution is -2.09. The molecule has 0 aliphatic rings. The first-order valence-electron chi connectivity index (χ1n) is 5.98. The molecule has 5 heteroatoms. The van der Waals surface area contributed by atoms with Crippen molar-refractivity contribution in [1.82, 2.24) is 0 Å². The van der Waals surface area contributed by atoms with Gasteiger partial charge in [-0.25, -0.2) is 8.42 Å². The number of rotatable bonds is 4. The van der Waals surface area contributed by atoms with Crippen molar-refractivity contribution >= 4 is 33.4 Å². The SMILES string of the molecule is Cc1ccccc1NS(=O)(=O)/C=C/c1ccc(Cl)cc1. The van der Waals surface area contributed by atoms with Crippen LogP contribution in [0.5, 0.6) is 0 Å². The van der Waals surface area contributed by atoms with E-state index in [0.29, 0.717) is 10.7 Å².